The maximum Gasteiger partial charge on any atom is 0.362 e. The zero-order valence-electron chi connectivity index (χ0n) is 11.1. The van der Waals surface area contributed by atoms with E-state index < -0.39 is 5.97 Å². The Kier molecular flexibility index (Phi) is 4.68. The van der Waals surface area contributed by atoms with Crippen LogP contribution < -0.4 is 10.1 Å². The normalized spacial score (nSPS) is 10.4. The molecular weight excluding hydrogens is 322 g/mol. The number of carbonyl (C=O) groups excluding carboxylic acids is 1. The van der Waals surface area contributed by atoms with E-state index in [9.17, 15) is 4.79 Å². The van der Waals surface area contributed by atoms with Crippen molar-refractivity contribution in [1.82, 2.24) is 9.97 Å². The van der Waals surface area contributed by atoms with Crippen molar-refractivity contribution in [3.8, 4) is 5.75 Å². The smallest absolute Gasteiger partial charge is 0.362 e. The van der Waals surface area contributed by atoms with Crippen molar-refractivity contribution < 1.29 is 9.53 Å². The van der Waals surface area contributed by atoms with Gasteiger partial charge in [0.2, 0.25) is 0 Å². The number of hydrogen-bond acceptors (Lipinski definition) is 5. The Morgan fingerprint density at radius 3 is 2.85 bits per heavy atom. The van der Waals surface area contributed by atoms with Crippen LogP contribution in [-0.4, -0.2) is 22.0 Å². The van der Waals surface area contributed by atoms with E-state index in [1.165, 1.54) is 6.20 Å². The molecule has 1 N–H and O–H groups in total. The SMILES string of the molecule is CC(C)Nc1cccc(C(=O)Oc2cncc(Br)c2)n1. The molecule has 0 atom stereocenters. The predicted octanol–water partition coefficient (Wildman–Crippen LogP) is 3.28. The number of carbonyl (C=O) groups is 1. The van der Waals surface area contributed by atoms with E-state index in [2.05, 4.69) is 31.2 Å². The van der Waals surface area contributed by atoms with Crippen molar-refractivity contribution in [2.24, 2.45) is 0 Å². The van der Waals surface area contributed by atoms with Gasteiger partial charge in [-0.3, -0.25) is 4.98 Å². The molecule has 2 heterocycles. The van der Waals surface area contributed by atoms with Gasteiger partial charge in [0.05, 0.1) is 6.20 Å². The molecular formula is C14H14BrN3O2. The molecule has 20 heavy (non-hydrogen) atoms. The van der Waals surface area contributed by atoms with Gasteiger partial charge in [-0.15, -0.1) is 0 Å². The molecule has 2 rings (SSSR count). The Morgan fingerprint density at radius 1 is 1.35 bits per heavy atom. The number of aromatic nitrogens is 2. The Balaban J connectivity index is 2.13. The molecule has 2 aromatic rings. The van der Waals surface area contributed by atoms with E-state index in [-0.39, 0.29) is 11.7 Å². The average Bonchev–Trinajstić information content (AvgIpc) is 2.38. The number of rotatable bonds is 4. The van der Waals surface area contributed by atoms with Crippen LogP contribution in [0.15, 0.2) is 41.1 Å². The molecule has 0 aliphatic rings. The lowest BCUT2D eigenvalue weighted by Gasteiger charge is -2.10. The molecule has 0 aromatic carbocycles. The standard InChI is InChI=1S/C14H14BrN3O2/c1-9(2)17-13-5-3-4-12(18-13)14(19)20-11-6-10(15)7-16-8-11/h3-9H,1-2H3,(H,17,18). The molecule has 0 aliphatic heterocycles. The number of ether oxygens (including phenoxy) is 1. The van der Waals surface area contributed by atoms with E-state index >= 15 is 0 Å². The maximum absolute atomic E-state index is 12.0. The van der Waals surface area contributed by atoms with Gasteiger partial charge >= 0.3 is 5.97 Å². The Bertz CT molecular complexity index is 617. The molecule has 104 valence electrons. The van der Waals surface area contributed by atoms with Gasteiger partial charge < -0.3 is 10.1 Å². The number of nitrogens with one attached hydrogen (secondary N) is 1. The molecule has 0 radical (unpaired) electrons. The number of anilines is 1. The summed E-state index contributed by atoms with van der Waals surface area (Å²) in [7, 11) is 0. The van der Waals surface area contributed by atoms with E-state index in [4.69, 9.17) is 4.74 Å². The van der Waals surface area contributed by atoms with E-state index in [1.807, 2.05) is 13.8 Å². The van der Waals surface area contributed by atoms with Gasteiger partial charge in [-0.1, -0.05) is 6.07 Å². The topological polar surface area (TPSA) is 64.1 Å². The fraction of sp³-hybridized carbons (Fsp3) is 0.214. The monoisotopic (exact) mass is 335 g/mol. The first-order valence-corrected chi connectivity index (χ1v) is 6.90. The summed E-state index contributed by atoms with van der Waals surface area (Å²) in [4.78, 5) is 20.2. The Hall–Kier alpha value is -1.95. The van der Waals surface area contributed by atoms with Crippen LogP contribution in [0.5, 0.6) is 5.75 Å². The second-order valence-electron chi connectivity index (χ2n) is 4.44. The lowest BCUT2D eigenvalue weighted by Crippen LogP contribution is -2.15. The first kappa shape index (κ1) is 14.5. The van der Waals surface area contributed by atoms with Crippen molar-refractivity contribution in [3.63, 3.8) is 0 Å². The van der Waals surface area contributed by atoms with Crippen LogP contribution in [0.1, 0.15) is 24.3 Å². The number of hydrogen-bond donors (Lipinski definition) is 1. The Morgan fingerprint density at radius 2 is 2.15 bits per heavy atom. The van der Waals surface area contributed by atoms with Crippen LogP contribution in [0.2, 0.25) is 0 Å². The van der Waals surface area contributed by atoms with Gasteiger partial charge in [-0.25, -0.2) is 9.78 Å². The number of halogens is 1. The Labute approximate surface area is 125 Å². The molecule has 0 unspecified atom stereocenters. The van der Waals surface area contributed by atoms with Gasteiger partial charge in [-0.2, -0.15) is 0 Å². The molecule has 2 aromatic heterocycles. The third-order valence-corrected chi connectivity index (χ3v) is 2.72. The average molecular weight is 336 g/mol. The highest BCUT2D eigenvalue weighted by molar-refractivity contribution is 9.10. The summed E-state index contributed by atoms with van der Waals surface area (Å²) in [6.45, 7) is 4.00. The highest BCUT2D eigenvalue weighted by atomic mass is 79.9. The fourth-order valence-corrected chi connectivity index (χ4v) is 1.88. The molecule has 0 saturated carbocycles. The summed E-state index contributed by atoms with van der Waals surface area (Å²) in [5.74, 6) is 0.493. The van der Waals surface area contributed by atoms with Crippen molar-refractivity contribution in [3.05, 3.63) is 46.8 Å². The van der Waals surface area contributed by atoms with Crippen molar-refractivity contribution in [1.29, 1.82) is 0 Å². The summed E-state index contributed by atoms with van der Waals surface area (Å²) >= 11 is 3.27. The molecule has 0 bridgehead atoms. The third kappa shape index (κ3) is 4.03. The van der Waals surface area contributed by atoms with Crippen LogP contribution in [0.25, 0.3) is 0 Å². The van der Waals surface area contributed by atoms with Crippen molar-refractivity contribution >= 4 is 27.7 Å². The summed E-state index contributed by atoms with van der Waals surface area (Å²) in [6.07, 6.45) is 3.08. The molecule has 0 fully saturated rings. The highest BCUT2D eigenvalue weighted by Crippen LogP contribution is 2.17. The number of pyridine rings is 2. The van der Waals surface area contributed by atoms with Gasteiger partial charge in [0.1, 0.15) is 5.82 Å². The quantitative estimate of drug-likeness (QED) is 0.868. The molecule has 0 amide bonds. The minimum atomic E-state index is -0.516. The summed E-state index contributed by atoms with van der Waals surface area (Å²) in [5.41, 5.74) is 0.246. The molecule has 6 heteroatoms. The second kappa shape index (κ2) is 6.47. The van der Waals surface area contributed by atoms with Gasteiger partial charge in [-0.05, 0) is 48.0 Å². The van der Waals surface area contributed by atoms with Crippen LogP contribution in [-0.2, 0) is 0 Å². The largest absolute Gasteiger partial charge is 0.420 e. The first-order chi connectivity index (χ1) is 9.54. The van der Waals surface area contributed by atoms with Crippen molar-refractivity contribution in [2.75, 3.05) is 5.32 Å². The van der Waals surface area contributed by atoms with Crippen LogP contribution in [0, 0.1) is 0 Å². The zero-order valence-corrected chi connectivity index (χ0v) is 12.7. The van der Waals surface area contributed by atoms with Crippen LogP contribution in [0.4, 0.5) is 5.82 Å². The van der Waals surface area contributed by atoms with Gasteiger partial charge in [0.25, 0.3) is 0 Å². The molecule has 0 spiro atoms. The van der Waals surface area contributed by atoms with Gasteiger partial charge in [0.15, 0.2) is 11.4 Å². The fourth-order valence-electron chi connectivity index (χ4n) is 1.53. The highest BCUT2D eigenvalue weighted by Gasteiger charge is 2.11. The maximum atomic E-state index is 12.0. The predicted molar refractivity (Wildman–Crippen MR) is 79.9 cm³/mol. The zero-order chi connectivity index (χ0) is 14.5. The van der Waals surface area contributed by atoms with Crippen molar-refractivity contribution in [2.45, 2.75) is 19.9 Å². The van der Waals surface area contributed by atoms with Crippen LogP contribution >= 0.6 is 15.9 Å². The summed E-state index contributed by atoms with van der Waals surface area (Å²) in [6, 6.07) is 7.08. The van der Waals surface area contributed by atoms with E-state index in [0.29, 0.717) is 11.6 Å². The first-order valence-electron chi connectivity index (χ1n) is 6.11. The lowest BCUT2D eigenvalue weighted by molar-refractivity contribution is 0.0728. The van der Waals surface area contributed by atoms with Gasteiger partial charge in [0, 0.05) is 16.7 Å². The van der Waals surface area contributed by atoms with E-state index in [1.54, 1.807) is 30.5 Å². The molecule has 5 nitrogen and oxygen atoms in total. The minimum absolute atomic E-state index is 0.239. The summed E-state index contributed by atoms with van der Waals surface area (Å²) in [5, 5.41) is 3.13. The van der Waals surface area contributed by atoms with E-state index in [0.717, 1.165) is 4.47 Å². The summed E-state index contributed by atoms with van der Waals surface area (Å²) < 4.78 is 5.96. The second-order valence-corrected chi connectivity index (χ2v) is 5.35. The molecule has 0 aliphatic carbocycles. The third-order valence-electron chi connectivity index (χ3n) is 2.29. The lowest BCUT2D eigenvalue weighted by atomic mass is 10.3. The van der Waals surface area contributed by atoms with Crippen LogP contribution in [0.3, 0.4) is 0 Å². The number of esters is 1. The number of nitrogens with zero attached hydrogens (tertiary/aromatic N) is 2. The molecule has 0 saturated heterocycles. The minimum Gasteiger partial charge on any atom is -0.420 e.